The minimum Gasteiger partial charge on any atom is -0.506 e. The molecule has 30 heavy (non-hydrogen) atoms. The fourth-order valence-corrected chi connectivity index (χ4v) is 3.45. The molecule has 0 saturated heterocycles. The van der Waals surface area contributed by atoms with E-state index in [1.807, 2.05) is 0 Å². The molecule has 3 aromatic carbocycles. The number of nitro benzene ring substituents is 1. The number of nitrogens with zero attached hydrogens (tertiary/aromatic N) is 2. The van der Waals surface area contributed by atoms with Crippen LogP contribution in [-0.4, -0.2) is 22.2 Å². The van der Waals surface area contributed by atoms with Gasteiger partial charge in [-0.1, -0.05) is 29.3 Å². The van der Waals surface area contributed by atoms with Crippen molar-refractivity contribution in [1.82, 2.24) is 0 Å². The molecular formula is C20H12BrCl2N3O4. The maximum atomic E-state index is 12.4. The summed E-state index contributed by atoms with van der Waals surface area (Å²) in [6, 6.07) is 13.6. The quantitative estimate of drug-likeness (QED) is 0.237. The molecule has 0 unspecified atom stereocenters. The molecule has 0 aromatic heterocycles. The van der Waals surface area contributed by atoms with Crippen molar-refractivity contribution < 1.29 is 14.8 Å². The van der Waals surface area contributed by atoms with E-state index in [4.69, 9.17) is 23.2 Å². The van der Waals surface area contributed by atoms with Gasteiger partial charge in [0.1, 0.15) is 5.75 Å². The number of halogens is 3. The Balaban J connectivity index is 1.82. The van der Waals surface area contributed by atoms with E-state index in [-0.39, 0.29) is 32.1 Å². The van der Waals surface area contributed by atoms with E-state index in [2.05, 4.69) is 26.2 Å². The number of amides is 1. The number of non-ortho nitro benzene ring substituents is 1. The average Bonchev–Trinajstić information content (AvgIpc) is 2.69. The summed E-state index contributed by atoms with van der Waals surface area (Å²) in [5, 5.41) is 24.4. The molecule has 2 N–H and O–H groups in total. The zero-order valence-electron chi connectivity index (χ0n) is 15.0. The lowest BCUT2D eigenvalue weighted by Crippen LogP contribution is -2.12. The topological polar surface area (TPSA) is 105 Å². The van der Waals surface area contributed by atoms with Crippen molar-refractivity contribution in [3.63, 3.8) is 0 Å². The Morgan fingerprint density at radius 1 is 1.17 bits per heavy atom. The number of hydrogen-bond donors (Lipinski definition) is 2. The number of rotatable bonds is 5. The highest BCUT2D eigenvalue weighted by Crippen LogP contribution is 2.32. The van der Waals surface area contributed by atoms with Crippen molar-refractivity contribution in [2.24, 2.45) is 4.99 Å². The number of benzene rings is 3. The van der Waals surface area contributed by atoms with Gasteiger partial charge in [0.15, 0.2) is 0 Å². The number of carbonyl (C=O) groups excluding carboxylic acids is 1. The van der Waals surface area contributed by atoms with Gasteiger partial charge in [-0.15, -0.1) is 0 Å². The highest BCUT2D eigenvalue weighted by atomic mass is 79.9. The summed E-state index contributed by atoms with van der Waals surface area (Å²) < 4.78 is 0.180. The fraction of sp³-hybridized carbons (Fsp3) is 0. The molecule has 0 radical (unpaired) electrons. The molecule has 0 fully saturated rings. The van der Waals surface area contributed by atoms with Crippen LogP contribution in [0, 0.1) is 10.1 Å². The number of anilines is 1. The largest absolute Gasteiger partial charge is 0.506 e. The zero-order valence-corrected chi connectivity index (χ0v) is 18.1. The summed E-state index contributed by atoms with van der Waals surface area (Å²) in [5.74, 6) is -0.593. The smallest absolute Gasteiger partial charge is 0.271 e. The van der Waals surface area contributed by atoms with Gasteiger partial charge in [-0.25, -0.2) is 0 Å². The molecule has 0 aliphatic carbocycles. The Morgan fingerprint density at radius 3 is 2.63 bits per heavy atom. The lowest BCUT2D eigenvalue weighted by atomic mass is 10.2. The van der Waals surface area contributed by atoms with E-state index in [0.29, 0.717) is 16.4 Å². The predicted octanol–water partition coefficient (Wildman–Crippen LogP) is 6.37. The van der Waals surface area contributed by atoms with Crippen LogP contribution in [0.5, 0.6) is 5.75 Å². The molecule has 0 spiro atoms. The zero-order chi connectivity index (χ0) is 21.8. The van der Waals surface area contributed by atoms with Crippen LogP contribution >= 0.6 is 39.1 Å². The Kier molecular flexibility index (Phi) is 6.71. The Morgan fingerprint density at radius 2 is 1.93 bits per heavy atom. The van der Waals surface area contributed by atoms with Crippen molar-refractivity contribution in [2.45, 2.75) is 0 Å². The lowest BCUT2D eigenvalue weighted by Gasteiger charge is -2.08. The number of phenolic OH excluding ortho intramolecular Hbond substituents is 1. The summed E-state index contributed by atoms with van der Waals surface area (Å²) in [4.78, 5) is 27.1. The maximum Gasteiger partial charge on any atom is 0.271 e. The Bertz CT molecular complexity index is 1180. The summed E-state index contributed by atoms with van der Waals surface area (Å²) in [7, 11) is 0. The van der Waals surface area contributed by atoms with Crippen LogP contribution in [0.1, 0.15) is 15.9 Å². The van der Waals surface area contributed by atoms with E-state index < -0.39 is 10.8 Å². The second kappa shape index (κ2) is 9.25. The van der Waals surface area contributed by atoms with E-state index in [1.165, 1.54) is 30.5 Å². The minimum absolute atomic E-state index is 0.165. The van der Waals surface area contributed by atoms with Crippen molar-refractivity contribution >= 4 is 68.3 Å². The first-order valence-electron chi connectivity index (χ1n) is 8.32. The first-order chi connectivity index (χ1) is 14.2. The van der Waals surface area contributed by atoms with Gasteiger partial charge in [-0.2, -0.15) is 0 Å². The number of nitro groups is 1. The molecule has 3 rings (SSSR count). The van der Waals surface area contributed by atoms with E-state index in [9.17, 15) is 20.0 Å². The Hall–Kier alpha value is -2.94. The highest BCUT2D eigenvalue weighted by Gasteiger charge is 2.14. The third-order valence-electron chi connectivity index (χ3n) is 3.92. The molecule has 0 bridgehead atoms. The first-order valence-corrected chi connectivity index (χ1v) is 9.87. The lowest BCUT2D eigenvalue weighted by molar-refractivity contribution is -0.385. The molecule has 0 atom stereocenters. The third-order valence-corrected chi connectivity index (χ3v) is 5.07. The standard InChI is InChI=1S/C20H12BrCl2N3O4/c21-17-9-15(26(29)30)6-11(19(17)27)10-24-13-2-1-3-14(8-13)25-20(28)16-5-4-12(22)7-18(16)23/h1-10,27H,(H,25,28). The Labute approximate surface area is 189 Å². The molecular weight excluding hydrogens is 497 g/mol. The molecule has 152 valence electrons. The number of carbonyl (C=O) groups is 1. The summed E-state index contributed by atoms with van der Waals surface area (Å²) >= 11 is 15.0. The molecule has 0 saturated carbocycles. The van der Waals surface area contributed by atoms with Gasteiger partial charge in [0.2, 0.25) is 0 Å². The first kappa shape index (κ1) is 21.8. The summed E-state index contributed by atoms with van der Waals surface area (Å²) in [6.45, 7) is 0. The molecule has 7 nitrogen and oxygen atoms in total. The normalized spacial score (nSPS) is 10.9. The van der Waals surface area contributed by atoms with Crippen LogP contribution in [0.3, 0.4) is 0 Å². The molecule has 0 aliphatic heterocycles. The van der Waals surface area contributed by atoms with Gasteiger partial charge >= 0.3 is 0 Å². The van der Waals surface area contributed by atoms with Crippen LogP contribution in [0.15, 0.2) is 64.1 Å². The molecule has 0 heterocycles. The number of aromatic hydroxyl groups is 1. The van der Waals surface area contributed by atoms with Gasteiger partial charge in [0, 0.05) is 34.6 Å². The van der Waals surface area contributed by atoms with Crippen LogP contribution in [0.25, 0.3) is 0 Å². The SMILES string of the molecule is O=C(Nc1cccc(N=Cc2cc([N+](=O)[O-])cc(Br)c2O)c1)c1ccc(Cl)cc1Cl. The summed E-state index contributed by atoms with van der Waals surface area (Å²) in [5.41, 5.74) is 1.16. The average molecular weight is 509 g/mol. The number of aliphatic imine (C=N–C) groups is 1. The van der Waals surface area contributed by atoms with Gasteiger partial charge in [-0.3, -0.25) is 19.9 Å². The van der Waals surface area contributed by atoms with E-state index in [1.54, 1.807) is 30.3 Å². The number of phenols is 1. The van der Waals surface area contributed by atoms with Gasteiger partial charge in [0.05, 0.1) is 25.7 Å². The number of nitrogens with one attached hydrogen (secondary N) is 1. The molecule has 0 aliphatic rings. The van der Waals surface area contributed by atoms with Crippen molar-refractivity contribution in [1.29, 1.82) is 0 Å². The van der Waals surface area contributed by atoms with Crippen LogP contribution in [0.2, 0.25) is 10.0 Å². The minimum atomic E-state index is -0.570. The molecule has 3 aromatic rings. The van der Waals surface area contributed by atoms with Crippen molar-refractivity contribution in [3.05, 3.63) is 90.4 Å². The van der Waals surface area contributed by atoms with Crippen LogP contribution in [-0.2, 0) is 0 Å². The van der Waals surface area contributed by atoms with Crippen LogP contribution in [0.4, 0.5) is 17.1 Å². The van der Waals surface area contributed by atoms with E-state index in [0.717, 1.165) is 0 Å². The second-order valence-electron chi connectivity index (χ2n) is 6.01. The summed E-state index contributed by atoms with van der Waals surface area (Å²) in [6.07, 6.45) is 1.30. The van der Waals surface area contributed by atoms with Gasteiger partial charge < -0.3 is 10.4 Å². The third kappa shape index (κ3) is 5.15. The molecule has 10 heteroatoms. The number of hydrogen-bond acceptors (Lipinski definition) is 5. The highest BCUT2D eigenvalue weighted by molar-refractivity contribution is 9.10. The van der Waals surface area contributed by atoms with Gasteiger partial charge in [-0.05, 0) is 52.3 Å². The van der Waals surface area contributed by atoms with Gasteiger partial charge in [0.25, 0.3) is 11.6 Å². The van der Waals surface area contributed by atoms with Crippen molar-refractivity contribution in [2.75, 3.05) is 5.32 Å². The van der Waals surface area contributed by atoms with Crippen molar-refractivity contribution in [3.8, 4) is 5.75 Å². The fourth-order valence-electron chi connectivity index (χ4n) is 2.49. The monoisotopic (exact) mass is 507 g/mol. The van der Waals surface area contributed by atoms with Crippen LogP contribution < -0.4 is 5.32 Å². The second-order valence-corrected chi connectivity index (χ2v) is 7.71. The van der Waals surface area contributed by atoms with E-state index >= 15 is 0 Å². The predicted molar refractivity (Wildman–Crippen MR) is 121 cm³/mol. The molecule has 1 amide bonds. The maximum absolute atomic E-state index is 12.4.